The maximum absolute atomic E-state index is 11.0. The molecule has 5 nitrogen and oxygen atoms in total. The zero-order chi connectivity index (χ0) is 19.7. The van der Waals surface area contributed by atoms with Gasteiger partial charge in [0.05, 0.1) is 6.04 Å². The fraction of sp³-hybridized carbons (Fsp3) is 0.130. The lowest BCUT2D eigenvalue weighted by atomic mass is 9.96. The van der Waals surface area contributed by atoms with E-state index in [4.69, 9.17) is 0 Å². The van der Waals surface area contributed by atoms with Crippen molar-refractivity contribution in [1.29, 1.82) is 0 Å². The normalized spacial score (nSPS) is 12.1. The number of anilines is 1. The highest BCUT2D eigenvalue weighted by molar-refractivity contribution is 5.86. The predicted molar refractivity (Wildman–Crippen MR) is 111 cm³/mol. The van der Waals surface area contributed by atoms with Gasteiger partial charge in [-0.05, 0) is 49.7 Å². The summed E-state index contributed by atoms with van der Waals surface area (Å²) >= 11 is 0. The lowest BCUT2D eigenvalue weighted by Crippen LogP contribution is -2.14. The second-order valence-electron chi connectivity index (χ2n) is 6.86. The van der Waals surface area contributed by atoms with E-state index in [9.17, 15) is 10.2 Å². The van der Waals surface area contributed by atoms with E-state index in [1.165, 1.54) is 0 Å². The van der Waals surface area contributed by atoms with Crippen LogP contribution in [0.1, 0.15) is 28.6 Å². The average Bonchev–Trinajstić information content (AvgIpc) is 2.68. The molecule has 0 aliphatic rings. The number of phenols is 2. The maximum atomic E-state index is 11.0. The molecule has 5 heteroatoms. The zero-order valence-electron chi connectivity index (χ0n) is 15.7. The van der Waals surface area contributed by atoms with E-state index in [1.54, 1.807) is 12.1 Å². The van der Waals surface area contributed by atoms with Crippen LogP contribution in [-0.2, 0) is 0 Å². The smallest absolute Gasteiger partial charge is 0.147 e. The third-order valence-electron chi connectivity index (χ3n) is 4.72. The van der Waals surface area contributed by atoms with Crippen molar-refractivity contribution in [3.05, 3.63) is 89.2 Å². The molecule has 2 aromatic heterocycles. The van der Waals surface area contributed by atoms with Gasteiger partial charge in [-0.1, -0.05) is 36.4 Å². The zero-order valence-corrected chi connectivity index (χ0v) is 15.7. The third kappa shape index (κ3) is 3.47. The fourth-order valence-corrected chi connectivity index (χ4v) is 3.30. The van der Waals surface area contributed by atoms with Crippen molar-refractivity contribution in [1.82, 2.24) is 9.97 Å². The molecule has 3 N–H and O–H groups in total. The van der Waals surface area contributed by atoms with Gasteiger partial charge in [0.15, 0.2) is 0 Å². The SMILES string of the molecule is Cc1cccc(N[C@H](c2ccc(O)cc2)c2ccc3ccc(C)nc3c2O)n1. The molecule has 0 saturated carbocycles. The van der Waals surface area contributed by atoms with Crippen LogP contribution in [-0.4, -0.2) is 20.2 Å². The molecule has 0 bridgehead atoms. The molecule has 4 rings (SSSR count). The maximum Gasteiger partial charge on any atom is 0.147 e. The topological polar surface area (TPSA) is 78.3 Å². The van der Waals surface area contributed by atoms with E-state index in [0.717, 1.165) is 22.3 Å². The monoisotopic (exact) mass is 371 g/mol. The Morgan fingerprint density at radius 2 is 1.50 bits per heavy atom. The highest BCUT2D eigenvalue weighted by atomic mass is 16.3. The number of rotatable bonds is 4. The molecule has 140 valence electrons. The van der Waals surface area contributed by atoms with Crippen molar-refractivity contribution >= 4 is 16.7 Å². The molecule has 2 aromatic carbocycles. The lowest BCUT2D eigenvalue weighted by molar-refractivity contribution is 0.471. The molecule has 0 saturated heterocycles. The number of nitrogens with zero attached hydrogens (tertiary/aromatic N) is 2. The van der Waals surface area contributed by atoms with Gasteiger partial charge in [0.2, 0.25) is 0 Å². The quantitative estimate of drug-likeness (QED) is 0.477. The number of nitrogens with one attached hydrogen (secondary N) is 1. The molecule has 0 aliphatic heterocycles. The molecular formula is C23H21N3O2. The van der Waals surface area contributed by atoms with Gasteiger partial charge < -0.3 is 15.5 Å². The highest BCUT2D eigenvalue weighted by Crippen LogP contribution is 2.36. The van der Waals surface area contributed by atoms with Gasteiger partial charge in [-0.2, -0.15) is 0 Å². The molecule has 0 fully saturated rings. The second kappa shape index (κ2) is 7.19. The molecule has 0 aliphatic carbocycles. The molecule has 1 atom stereocenters. The van der Waals surface area contributed by atoms with Gasteiger partial charge in [0.1, 0.15) is 22.8 Å². The van der Waals surface area contributed by atoms with Crippen molar-refractivity contribution in [2.45, 2.75) is 19.9 Å². The number of hydrogen-bond acceptors (Lipinski definition) is 5. The number of fused-ring (bicyclic) bond motifs is 1. The van der Waals surface area contributed by atoms with Crippen molar-refractivity contribution in [3.8, 4) is 11.5 Å². The summed E-state index contributed by atoms with van der Waals surface area (Å²) in [6.07, 6.45) is 0. The van der Waals surface area contributed by atoms with Crippen molar-refractivity contribution in [2.24, 2.45) is 0 Å². The van der Waals surface area contributed by atoms with Crippen molar-refractivity contribution in [3.63, 3.8) is 0 Å². The summed E-state index contributed by atoms with van der Waals surface area (Å²) in [5.74, 6) is 1.03. The average molecular weight is 371 g/mol. The van der Waals surface area contributed by atoms with Crippen molar-refractivity contribution in [2.75, 3.05) is 5.32 Å². The number of phenolic OH excluding ortho intramolecular Hbond substituents is 2. The van der Waals surface area contributed by atoms with Crippen molar-refractivity contribution < 1.29 is 10.2 Å². The minimum absolute atomic E-state index is 0.138. The Hall–Kier alpha value is -3.60. The van der Waals surface area contributed by atoms with E-state index < -0.39 is 0 Å². The Balaban J connectivity index is 1.86. The summed E-state index contributed by atoms with van der Waals surface area (Å²) in [5.41, 5.74) is 3.90. The minimum Gasteiger partial charge on any atom is -0.508 e. The summed E-state index contributed by atoms with van der Waals surface area (Å²) in [5, 5.41) is 25.0. The summed E-state index contributed by atoms with van der Waals surface area (Å²) in [4.78, 5) is 9.04. The van der Waals surface area contributed by atoms with Crippen LogP contribution in [0, 0.1) is 13.8 Å². The highest BCUT2D eigenvalue weighted by Gasteiger charge is 2.20. The Morgan fingerprint density at radius 3 is 2.25 bits per heavy atom. The molecule has 0 unspecified atom stereocenters. The van der Waals surface area contributed by atoms with Crippen LogP contribution in [0.3, 0.4) is 0 Å². The molecule has 0 spiro atoms. The van der Waals surface area contributed by atoms with Gasteiger partial charge in [-0.15, -0.1) is 0 Å². The van der Waals surface area contributed by atoms with Crippen LogP contribution < -0.4 is 5.32 Å². The lowest BCUT2D eigenvalue weighted by Gasteiger charge is -2.22. The summed E-state index contributed by atoms with van der Waals surface area (Å²) in [6.45, 7) is 3.83. The summed E-state index contributed by atoms with van der Waals surface area (Å²) in [6, 6.07) is 20.0. The van der Waals surface area contributed by atoms with Crippen LogP contribution >= 0.6 is 0 Å². The van der Waals surface area contributed by atoms with E-state index in [-0.39, 0.29) is 17.5 Å². The Bertz CT molecular complexity index is 1140. The van der Waals surface area contributed by atoms with Crippen LogP contribution in [0.15, 0.2) is 66.7 Å². The summed E-state index contributed by atoms with van der Waals surface area (Å²) < 4.78 is 0. The first-order valence-corrected chi connectivity index (χ1v) is 9.09. The summed E-state index contributed by atoms with van der Waals surface area (Å²) in [7, 11) is 0. The Morgan fingerprint density at radius 1 is 0.786 bits per heavy atom. The minimum atomic E-state index is -0.360. The fourth-order valence-electron chi connectivity index (χ4n) is 3.30. The van der Waals surface area contributed by atoms with Gasteiger partial charge >= 0.3 is 0 Å². The van der Waals surface area contributed by atoms with E-state index >= 15 is 0 Å². The molecular weight excluding hydrogens is 350 g/mol. The van der Waals surface area contributed by atoms with E-state index in [1.807, 2.05) is 68.4 Å². The van der Waals surface area contributed by atoms with Gasteiger partial charge in [0.25, 0.3) is 0 Å². The Labute approximate surface area is 163 Å². The molecule has 4 aromatic rings. The first kappa shape index (κ1) is 17.8. The van der Waals surface area contributed by atoms with Crippen LogP contribution in [0.5, 0.6) is 11.5 Å². The van der Waals surface area contributed by atoms with Crippen LogP contribution in [0.4, 0.5) is 5.82 Å². The molecule has 0 amide bonds. The third-order valence-corrected chi connectivity index (χ3v) is 4.72. The molecule has 28 heavy (non-hydrogen) atoms. The first-order valence-electron chi connectivity index (χ1n) is 9.09. The number of pyridine rings is 2. The molecule has 2 heterocycles. The van der Waals surface area contributed by atoms with E-state index in [2.05, 4.69) is 15.3 Å². The largest absolute Gasteiger partial charge is 0.508 e. The number of aromatic nitrogens is 2. The predicted octanol–water partition coefficient (Wildman–Crippen LogP) is 4.86. The number of aromatic hydroxyl groups is 2. The number of benzene rings is 2. The van der Waals surface area contributed by atoms with E-state index in [0.29, 0.717) is 16.9 Å². The van der Waals surface area contributed by atoms with Gasteiger partial charge in [-0.3, -0.25) is 0 Å². The Kier molecular flexibility index (Phi) is 4.57. The number of aryl methyl sites for hydroxylation is 2. The number of hydrogen-bond donors (Lipinski definition) is 3. The first-order chi connectivity index (χ1) is 13.5. The van der Waals surface area contributed by atoms with Gasteiger partial charge in [0, 0.05) is 22.3 Å². The standard InChI is InChI=1S/C23H21N3O2/c1-14-4-3-5-20(24-14)26-21(16-8-11-18(27)12-9-16)19-13-10-17-7-6-15(2)25-22(17)23(19)28/h3-13,21,27-28H,1-2H3,(H,24,26)/t21-/m1/s1. The molecule has 0 radical (unpaired) electrons. The van der Waals surface area contributed by atoms with Crippen LogP contribution in [0.25, 0.3) is 10.9 Å². The second-order valence-corrected chi connectivity index (χ2v) is 6.86. The van der Waals surface area contributed by atoms with Crippen LogP contribution in [0.2, 0.25) is 0 Å². The van der Waals surface area contributed by atoms with Gasteiger partial charge in [-0.25, -0.2) is 9.97 Å².